The van der Waals surface area contributed by atoms with E-state index in [0.29, 0.717) is 0 Å². The highest BCUT2D eigenvalue weighted by atomic mass is 15.0. The Labute approximate surface area is 307 Å². The van der Waals surface area contributed by atoms with E-state index in [1.54, 1.807) is 0 Å². The number of allylic oxidation sites excluding steroid dienone is 12. The molecule has 0 fully saturated rings. The Kier molecular flexibility index (Phi) is 9.22. The Morgan fingerprint density at radius 2 is 1.52 bits per heavy atom. The first-order valence-electron chi connectivity index (χ1n) is 18.6. The van der Waals surface area contributed by atoms with Gasteiger partial charge in [-0.25, -0.2) is 0 Å². The fourth-order valence-corrected chi connectivity index (χ4v) is 7.76. The molecule has 5 aromatic rings. The molecule has 0 aliphatic heterocycles. The molecule has 52 heavy (non-hydrogen) atoms. The smallest absolute Gasteiger partial charge is 0.0633 e. The predicted molar refractivity (Wildman–Crippen MR) is 225 cm³/mol. The van der Waals surface area contributed by atoms with Crippen LogP contribution in [0.2, 0.25) is 0 Å². The number of aromatic amines is 1. The van der Waals surface area contributed by atoms with Gasteiger partial charge in [-0.2, -0.15) is 0 Å². The number of hydrogen-bond donors (Lipinski definition) is 2. The first kappa shape index (κ1) is 33.3. The summed E-state index contributed by atoms with van der Waals surface area (Å²) >= 11 is 0. The molecule has 3 aromatic carbocycles. The summed E-state index contributed by atoms with van der Waals surface area (Å²) in [7, 11) is 0. The fourth-order valence-electron chi connectivity index (χ4n) is 7.76. The number of aliphatic imine (C=N–C) groups is 1. The van der Waals surface area contributed by atoms with Crippen molar-refractivity contribution in [2.75, 3.05) is 0 Å². The van der Waals surface area contributed by atoms with Gasteiger partial charge in [-0.05, 0) is 143 Å². The van der Waals surface area contributed by atoms with Crippen molar-refractivity contribution in [2.24, 2.45) is 4.99 Å². The minimum atomic E-state index is 0.905. The van der Waals surface area contributed by atoms with Crippen LogP contribution in [0.25, 0.3) is 68.0 Å². The van der Waals surface area contributed by atoms with Crippen molar-refractivity contribution in [3.8, 4) is 22.3 Å². The Hall–Kier alpha value is -5.87. The summed E-state index contributed by atoms with van der Waals surface area (Å²) in [5, 5.41) is 6.18. The lowest BCUT2D eigenvalue weighted by molar-refractivity contribution is 0.812. The Bertz CT molecular complexity index is 2470. The molecule has 3 aliphatic carbocycles. The maximum Gasteiger partial charge on any atom is 0.0633 e. The minimum absolute atomic E-state index is 0.905. The second-order valence-electron chi connectivity index (χ2n) is 14.3. The normalized spacial score (nSPS) is 15.8. The van der Waals surface area contributed by atoms with Gasteiger partial charge in [0.15, 0.2) is 0 Å². The summed E-state index contributed by atoms with van der Waals surface area (Å²) in [6.07, 6.45) is 30.8. The van der Waals surface area contributed by atoms with Gasteiger partial charge in [-0.3, -0.25) is 4.99 Å². The molecule has 0 atom stereocenters. The number of aromatic nitrogens is 2. The van der Waals surface area contributed by atoms with Crippen LogP contribution in [-0.4, -0.2) is 16.3 Å². The van der Waals surface area contributed by atoms with Crippen molar-refractivity contribution < 1.29 is 0 Å². The number of nitrogens with zero attached hydrogens (tertiary/aromatic N) is 2. The van der Waals surface area contributed by atoms with E-state index in [2.05, 4.69) is 175 Å². The maximum absolute atomic E-state index is 4.31. The van der Waals surface area contributed by atoms with Gasteiger partial charge in [-0.1, -0.05) is 78.4 Å². The zero-order chi connectivity index (χ0) is 35.6. The largest absolute Gasteiger partial charge is 0.358 e. The van der Waals surface area contributed by atoms with Gasteiger partial charge < -0.3 is 14.9 Å². The molecule has 8 rings (SSSR count). The van der Waals surface area contributed by atoms with Gasteiger partial charge in [0, 0.05) is 50.2 Å². The van der Waals surface area contributed by atoms with Gasteiger partial charge in [0.1, 0.15) is 0 Å². The van der Waals surface area contributed by atoms with Crippen LogP contribution in [0, 0.1) is 0 Å². The van der Waals surface area contributed by atoms with E-state index < -0.39 is 0 Å². The quantitative estimate of drug-likeness (QED) is 0.124. The van der Waals surface area contributed by atoms with E-state index >= 15 is 0 Å². The van der Waals surface area contributed by atoms with E-state index in [4.69, 9.17) is 0 Å². The molecule has 0 unspecified atom stereocenters. The van der Waals surface area contributed by atoms with E-state index in [1.807, 2.05) is 0 Å². The molecule has 2 heterocycles. The Balaban J connectivity index is 1.21. The molecular formula is C48H46N4. The summed E-state index contributed by atoms with van der Waals surface area (Å²) in [4.78, 5) is 7.91. The molecule has 4 nitrogen and oxygen atoms in total. The molecular weight excluding hydrogens is 633 g/mol. The van der Waals surface area contributed by atoms with E-state index in [0.717, 1.165) is 61.3 Å². The second kappa shape index (κ2) is 14.4. The lowest BCUT2D eigenvalue weighted by atomic mass is 9.96. The molecule has 0 saturated carbocycles. The Morgan fingerprint density at radius 1 is 0.769 bits per heavy atom. The van der Waals surface area contributed by atoms with Crippen LogP contribution in [0.4, 0.5) is 0 Å². The summed E-state index contributed by atoms with van der Waals surface area (Å²) in [6, 6.07) is 22.8. The molecule has 0 bridgehead atoms. The van der Waals surface area contributed by atoms with Crippen molar-refractivity contribution in [1.29, 1.82) is 0 Å². The molecule has 258 valence electrons. The molecule has 0 saturated heterocycles. The van der Waals surface area contributed by atoms with Gasteiger partial charge in [0.05, 0.1) is 16.9 Å². The molecule has 2 N–H and O–H groups in total. The monoisotopic (exact) mass is 678 g/mol. The summed E-state index contributed by atoms with van der Waals surface area (Å²) < 4.78 is 2.49. The molecule has 4 heteroatoms. The maximum atomic E-state index is 4.31. The third kappa shape index (κ3) is 6.53. The number of fused-ring (bicyclic) bond motifs is 6. The van der Waals surface area contributed by atoms with Gasteiger partial charge in [-0.15, -0.1) is 0 Å². The van der Waals surface area contributed by atoms with E-state index in [-0.39, 0.29) is 0 Å². The Morgan fingerprint density at radius 3 is 2.35 bits per heavy atom. The highest BCUT2D eigenvalue weighted by Crippen LogP contribution is 2.38. The van der Waals surface area contributed by atoms with Crippen molar-refractivity contribution in [2.45, 2.75) is 59.3 Å². The molecule has 0 spiro atoms. The molecule has 3 aliphatic rings. The number of hydrogen-bond acceptors (Lipinski definition) is 2. The first-order chi connectivity index (χ1) is 25.5. The average molecular weight is 679 g/mol. The van der Waals surface area contributed by atoms with Gasteiger partial charge >= 0.3 is 0 Å². The zero-order valence-electron chi connectivity index (χ0n) is 30.5. The van der Waals surface area contributed by atoms with Crippen LogP contribution < -0.4 is 5.32 Å². The van der Waals surface area contributed by atoms with Crippen molar-refractivity contribution in [3.63, 3.8) is 0 Å². The number of H-pyrrole nitrogens is 1. The highest BCUT2D eigenvalue weighted by molar-refractivity contribution is 5.99. The van der Waals surface area contributed by atoms with Crippen LogP contribution >= 0.6 is 0 Å². The summed E-state index contributed by atoms with van der Waals surface area (Å²) in [6.45, 7) is 10.3. The lowest BCUT2D eigenvalue weighted by Crippen LogP contribution is -2.14. The molecule has 0 radical (unpaired) electrons. The van der Waals surface area contributed by atoms with Crippen molar-refractivity contribution in [1.82, 2.24) is 14.9 Å². The van der Waals surface area contributed by atoms with Crippen LogP contribution in [0.1, 0.15) is 75.4 Å². The highest BCUT2D eigenvalue weighted by Gasteiger charge is 2.20. The third-order valence-corrected chi connectivity index (χ3v) is 10.3. The molecule has 2 aromatic heterocycles. The third-order valence-electron chi connectivity index (χ3n) is 10.3. The van der Waals surface area contributed by atoms with Crippen LogP contribution in [0.3, 0.4) is 0 Å². The standard InChI is InChI=1S/C48H46N4/c1-32(2)22-25-38(28-33(3)50-46-20-12-11-19-45(46)49-4)52-47-21-10-6-8-17-40(47)42-31-37(24-27-48(42)52)35-15-13-14-34(29-35)36-23-26-44-41(30-36)39-16-7-5-9-18-43(39)51-44/h7-9,12-18,20,22-31,50-51H,4-6,10-11,19,21H2,1-3H3/b33-28+,38-25+. The minimum Gasteiger partial charge on any atom is -0.358 e. The van der Waals surface area contributed by atoms with E-state index in [9.17, 15) is 0 Å². The number of benzene rings is 3. The van der Waals surface area contributed by atoms with Crippen LogP contribution in [0.5, 0.6) is 0 Å². The topological polar surface area (TPSA) is 45.1 Å². The number of nitrogens with one attached hydrogen (secondary N) is 2. The fraction of sp³-hybridized carbons (Fsp3) is 0.188. The summed E-state index contributed by atoms with van der Waals surface area (Å²) in [5.41, 5.74) is 17.9. The van der Waals surface area contributed by atoms with Crippen molar-refractivity contribution in [3.05, 3.63) is 154 Å². The molecule has 0 amide bonds. The number of rotatable bonds is 8. The van der Waals surface area contributed by atoms with Gasteiger partial charge in [0.2, 0.25) is 0 Å². The zero-order valence-corrected chi connectivity index (χ0v) is 30.5. The summed E-state index contributed by atoms with van der Waals surface area (Å²) in [5.74, 6) is 0. The second-order valence-corrected chi connectivity index (χ2v) is 14.3. The predicted octanol–water partition coefficient (Wildman–Crippen LogP) is 12.8. The van der Waals surface area contributed by atoms with E-state index in [1.165, 1.54) is 72.1 Å². The first-order valence-corrected chi connectivity index (χ1v) is 18.6. The van der Waals surface area contributed by atoms with Crippen LogP contribution in [-0.2, 0) is 6.42 Å². The van der Waals surface area contributed by atoms with Crippen LogP contribution in [0.15, 0.2) is 137 Å². The lowest BCUT2D eigenvalue weighted by Gasteiger charge is -2.17. The SMILES string of the molecule is C=NC1=C(N/C(C)=C/C(=C\C=C(C)C)n2c3c(c4cc(-c5cccc(-c6ccc7[nH]c8c(c7c6)C=CCC=C8)c5)ccc42)C=CCCC3)C=CCC1. The van der Waals surface area contributed by atoms with Crippen molar-refractivity contribution >= 4 is 52.4 Å². The van der Waals surface area contributed by atoms with Gasteiger partial charge in [0.25, 0.3) is 0 Å². The average Bonchev–Trinajstić information content (AvgIpc) is 3.39.